The Morgan fingerprint density at radius 1 is 1.31 bits per heavy atom. The second-order valence-electron chi connectivity index (χ2n) is 4.29. The molecule has 0 amide bonds. The lowest BCUT2D eigenvalue weighted by Gasteiger charge is -2.20. The summed E-state index contributed by atoms with van der Waals surface area (Å²) in [5, 5.41) is 9.19. The van der Waals surface area contributed by atoms with Crippen molar-refractivity contribution in [3.8, 4) is 0 Å². The van der Waals surface area contributed by atoms with Crippen molar-refractivity contribution in [3.63, 3.8) is 0 Å². The van der Waals surface area contributed by atoms with Crippen LogP contribution < -0.4 is 0 Å². The van der Waals surface area contributed by atoms with Gasteiger partial charge in [-0.1, -0.05) is 42.5 Å². The van der Waals surface area contributed by atoms with E-state index in [2.05, 4.69) is 29.2 Å². The fraction of sp³-hybridized carbons (Fsp3) is 0.429. The van der Waals surface area contributed by atoms with E-state index in [4.69, 9.17) is 0 Å². The highest BCUT2D eigenvalue weighted by atomic mass is 16.3. The summed E-state index contributed by atoms with van der Waals surface area (Å²) in [6.45, 7) is 2.35. The van der Waals surface area contributed by atoms with Gasteiger partial charge in [0.15, 0.2) is 0 Å². The Kier molecular flexibility index (Phi) is 4.14. The Bertz CT molecular complexity index is 334. The van der Waals surface area contributed by atoms with Crippen LogP contribution in [0.5, 0.6) is 0 Å². The van der Waals surface area contributed by atoms with Crippen molar-refractivity contribution in [1.82, 2.24) is 4.90 Å². The fourth-order valence-corrected chi connectivity index (χ4v) is 2.23. The number of nitrogens with zero attached hydrogens (tertiary/aromatic N) is 1. The standard InChI is InChI=1S/C14H19NO/c16-12-14-9-5-11-15(14)10-4-8-13-6-2-1-3-7-13/h1-4,6-8,14,16H,5,9-12H2/b8-4+. The van der Waals surface area contributed by atoms with Gasteiger partial charge in [-0.15, -0.1) is 0 Å². The van der Waals surface area contributed by atoms with Gasteiger partial charge in [-0.2, -0.15) is 0 Å². The van der Waals surface area contributed by atoms with E-state index in [9.17, 15) is 5.11 Å². The SMILES string of the molecule is OCC1CCCN1C/C=C/c1ccccc1. The molecule has 1 saturated heterocycles. The van der Waals surface area contributed by atoms with E-state index in [0.29, 0.717) is 12.6 Å². The number of benzene rings is 1. The quantitative estimate of drug-likeness (QED) is 0.835. The molecule has 1 atom stereocenters. The normalized spacial score (nSPS) is 21.9. The first-order chi connectivity index (χ1) is 7.90. The summed E-state index contributed by atoms with van der Waals surface area (Å²) < 4.78 is 0. The van der Waals surface area contributed by atoms with Gasteiger partial charge in [-0.3, -0.25) is 4.90 Å². The summed E-state index contributed by atoms with van der Waals surface area (Å²) in [6, 6.07) is 10.7. The number of hydrogen-bond acceptors (Lipinski definition) is 2. The average molecular weight is 217 g/mol. The molecule has 86 valence electrons. The first-order valence-electron chi connectivity index (χ1n) is 5.96. The number of aliphatic hydroxyl groups is 1. The molecule has 1 heterocycles. The maximum atomic E-state index is 9.19. The van der Waals surface area contributed by atoms with Crippen LogP contribution in [0, 0.1) is 0 Å². The zero-order chi connectivity index (χ0) is 11.2. The third-order valence-corrected chi connectivity index (χ3v) is 3.16. The van der Waals surface area contributed by atoms with Crippen molar-refractivity contribution < 1.29 is 5.11 Å². The molecule has 0 radical (unpaired) electrons. The first kappa shape index (κ1) is 11.4. The van der Waals surface area contributed by atoms with Gasteiger partial charge in [-0.05, 0) is 24.9 Å². The Balaban J connectivity index is 1.85. The summed E-state index contributed by atoms with van der Waals surface area (Å²) in [7, 11) is 0. The molecule has 1 unspecified atom stereocenters. The van der Waals surface area contributed by atoms with E-state index in [1.807, 2.05) is 18.2 Å². The first-order valence-corrected chi connectivity index (χ1v) is 5.96. The zero-order valence-corrected chi connectivity index (χ0v) is 9.55. The van der Waals surface area contributed by atoms with Gasteiger partial charge in [0.1, 0.15) is 0 Å². The van der Waals surface area contributed by atoms with E-state index < -0.39 is 0 Å². The van der Waals surface area contributed by atoms with Crippen molar-refractivity contribution in [2.45, 2.75) is 18.9 Å². The highest BCUT2D eigenvalue weighted by Crippen LogP contribution is 2.16. The molecule has 1 aliphatic heterocycles. The molecule has 0 bridgehead atoms. The minimum absolute atomic E-state index is 0.291. The van der Waals surface area contributed by atoms with Gasteiger partial charge in [0.25, 0.3) is 0 Å². The maximum absolute atomic E-state index is 9.19. The third kappa shape index (κ3) is 2.94. The molecular weight excluding hydrogens is 198 g/mol. The van der Waals surface area contributed by atoms with Crippen LogP contribution in [0.1, 0.15) is 18.4 Å². The van der Waals surface area contributed by atoms with E-state index in [1.54, 1.807) is 0 Å². The minimum atomic E-state index is 0.291. The molecule has 1 fully saturated rings. The molecule has 1 N–H and O–H groups in total. The predicted molar refractivity (Wildman–Crippen MR) is 67.2 cm³/mol. The van der Waals surface area contributed by atoms with Crippen LogP contribution in [0.25, 0.3) is 6.08 Å². The Labute approximate surface area is 97.2 Å². The van der Waals surface area contributed by atoms with E-state index in [1.165, 1.54) is 12.0 Å². The largest absolute Gasteiger partial charge is 0.395 e. The lowest BCUT2D eigenvalue weighted by atomic mass is 10.2. The molecule has 2 heteroatoms. The molecule has 0 aromatic heterocycles. The van der Waals surface area contributed by atoms with Crippen LogP contribution in [0.15, 0.2) is 36.4 Å². The van der Waals surface area contributed by atoms with E-state index >= 15 is 0 Å². The Hall–Kier alpha value is -1.12. The highest BCUT2D eigenvalue weighted by Gasteiger charge is 2.21. The van der Waals surface area contributed by atoms with Crippen LogP contribution >= 0.6 is 0 Å². The van der Waals surface area contributed by atoms with Crippen molar-refractivity contribution >= 4 is 6.08 Å². The third-order valence-electron chi connectivity index (χ3n) is 3.16. The monoisotopic (exact) mass is 217 g/mol. The molecule has 0 aliphatic carbocycles. The molecule has 1 aromatic rings. The van der Waals surface area contributed by atoms with Gasteiger partial charge in [0, 0.05) is 12.6 Å². The van der Waals surface area contributed by atoms with Gasteiger partial charge < -0.3 is 5.11 Å². The summed E-state index contributed by atoms with van der Waals surface area (Å²) >= 11 is 0. The van der Waals surface area contributed by atoms with Crippen LogP contribution in [0.2, 0.25) is 0 Å². The second-order valence-corrected chi connectivity index (χ2v) is 4.29. The van der Waals surface area contributed by atoms with Crippen LogP contribution in [-0.2, 0) is 0 Å². The van der Waals surface area contributed by atoms with Crippen molar-refractivity contribution in [2.24, 2.45) is 0 Å². The summed E-state index contributed by atoms with van der Waals surface area (Å²) in [5.41, 5.74) is 1.24. The number of hydrogen-bond donors (Lipinski definition) is 1. The molecule has 2 rings (SSSR count). The molecule has 16 heavy (non-hydrogen) atoms. The van der Waals surface area contributed by atoms with Crippen LogP contribution in [0.3, 0.4) is 0 Å². The van der Waals surface area contributed by atoms with Crippen molar-refractivity contribution in [1.29, 1.82) is 0 Å². The van der Waals surface area contributed by atoms with E-state index in [0.717, 1.165) is 19.5 Å². The molecule has 0 saturated carbocycles. The average Bonchev–Trinajstić information content (AvgIpc) is 2.78. The smallest absolute Gasteiger partial charge is 0.0587 e. The van der Waals surface area contributed by atoms with E-state index in [-0.39, 0.29) is 0 Å². The Morgan fingerprint density at radius 2 is 2.12 bits per heavy atom. The fourth-order valence-electron chi connectivity index (χ4n) is 2.23. The highest BCUT2D eigenvalue weighted by molar-refractivity contribution is 5.48. The Morgan fingerprint density at radius 3 is 2.88 bits per heavy atom. The van der Waals surface area contributed by atoms with Gasteiger partial charge >= 0.3 is 0 Å². The van der Waals surface area contributed by atoms with Crippen LogP contribution in [-0.4, -0.2) is 35.7 Å². The molecule has 1 aromatic carbocycles. The lowest BCUT2D eigenvalue weighted by molar-refractivity contribution is 0.170. The van der Waals surface area contributed by atoms with Crippen molar-refractivity contribution in [2.75, 3.05) is 19.7 Å². The molecule has 0 spiro atoms. The van der Waals surface area contributed by atoms with Crippen LogP contribution in [0.4, 0.5) is 0 Å². The number of rotatable bonds is 4. The summed E-state index contributed by atoms with van der Waals surface area (Å²) in [5.74, 6) is 0. The molecular formula is C14H19NO. The van der Waals surface area contributed by atoms with Crippen molar-refractivity contribution in [3.05, 3.63) is 42.0 Å². The molecule has 2 nitrogen and oxygen atoms in total. The topological polar surface area (TPSA) is 23.5 Å². The van der Waals surface area contributed by atoms with Gasteiger partial charge in [0.2, 0.25) is 0 Å². The summed E-state index contributed by atoms with van der Waals surface area (Å²) in [6.07, 6.45) is 6.68. The number of aliphatic hydroxyl groups excluding tert-OH is 1. The minimum Gasteiger partial charge on any atom is -0.395 e. The predicted octanol–water partition coefficient (Wildman–Crippen LogP) is 2.16. The van der Waals surface area contributed by atoms with Gasteiger partial charge in [-0.25, -0.2) is 0 Å². The number of likely N-dealkylation sites (tertiary alicyclic amines) is 1. The van der Waals surface area contributed by atoms with Gasteiger partial charge in [0.05, 0.1) is 6.61 Å². The lowest BCUT2D eigenvalue weighted by Crippen LogP contribution is -2.32. The summed E-state index contributed by atoms with van der Waals surface area (Å²) in [4.78, 5) is 2.35. The maximum Gasteiger partial charge on any atom is 0.0587 e. The zero-order valence-electron chi connectivity index (χ0n) is 9.55. The second kappa shape index (κ2) is 5.83. The molecule has 1 aliphatic rings.